The number of hydrogen-bond donors (Lipinski definition) is 2. The molecule has 0 aliphatic heterocycles. The number of carbonyl (C=O) groups is 2. The van der Waals surface area contributed by atoms with Crippen LogP contribution in [0.25, 0.3) is 0 Å². The maximum Gasteiger partial charge on any atom is 0.276 e. The summed E-state index contributed by atoms with van der Waals surface area (Å²) in [5, 5.41) is 7.14. The molecule has 1 aliphatic carbocycles. The van der Waals surface area contributed by atoms with E-state index in [1.165, 1.54) is 34.2 Å². The van der Waals surface area contributed by atoms with Crippen molar-refractivity contribution < 1.29 is 14.3 Å². The van der Waals surface area contributed by atoms with E-state index >= 15 is 0 Å². The minimum absolute atomic E-state index is 0.120. The molecule has 2 amide bonds. The lowest BCUT2D eigenvalue weighted by atomic mass is 9.95. The lowest BCUT2D eigenvalue weighted by Crippen LogP contribution is -2.27. The van der Waals surface area contributed by atoms with Crippen molar-refractivity contribution in [1.29, 1.82) is 0 Å². The second-order valence-corrected chi connectivity index (χ2v) is 9.95. The quantitative estimate of drug-likeness (QED) is 0.259. The molecule has 0 radical (unpaired) electrons. The Morgan fingerprint density at radius 3 is 2.84 bits per heavy atom. The molecule has 0 unspecified atom stereocenters. The Bertz CT molecular complexity index is 951. The number of aromatic nitrogens is 2. The summed E-state index contributed by atoms with van der Waals surface area (Å²) in [4.78, 5) is 35.8. The van der Waals surface area contributed by atoms with Gasteiger partial charge in [0.1, 0.15) is 5.00 Å². The standard InChI is InChI=1S/C22H29ClN4O3S2/c1-3-12-31-22-25-13-15(23)18(26-22)20(29)27-21-17(14-8-5-6-9-16(14)32-21)19(28)24-10-7-11-30-4-2/h13H,3-12H2,1-2H3,(H,24,28)(H,27,29). The van der Waals surface area contributed by atoms with Crippen molar-refractivity contribution in [2.75, 3.05) is 30.8 Å². The molecule has 10 heteroatoms. The van der Waals surface area contributed by atoms with E-state index in [-0.39, 0.29) is 16.6 Å². The van der Waals surface area contributed by atoms with Gasteiger partial charge in [0.25, 0.3) is 11.8 Å². The molecule has 0 bridgehead atoms. The van der Waals surface area contributed by atoms with Crippen molar-refractivity contribution in [2.45, 2.75) is 57.5 Å². The third-order valence-electron chi connectivity index (χ3n) is 4.95. The average Bonchev–Trinajstić information content (AvgIpc) is 3.16. The second kappa shape index (κ2) is 12.5. The summed E-state index contributed by atoms with van der Waals surface area (Å²) >= 11 is 9.18. The molecule has 1 aliphatic rings. The minimum Gasteiger partial charge on any atom is -0.382 e. The third kappa shape index (κ3) is 6.43. The van der Waals surface area contributed by atoms with Gasteiger partial charge >= 0.3 is 0 Å². The maximum atomic E-state index is 13.0. The van der Waals surface area contributed by atoms with Crippen LogP contribution < -0.4 is 10.6 Å². The van der Waals surface area contributed by atoms with Gasteiger partial charge in [-0.2, -0.15) is 0 Å². The molecule has 0 aromatic carbocycles. The smallest absolute Gasteiger partial charge is 0.276 e. The van der Waals surface area contributed by atoms with Crippen LogP contribution in [0.3, 0.4) is 0 Å². The summed E-state index contributed by atoms with van der Waals surface area (Å²) in [6, 6.07) is 0. The summed E-state index contributed by atoms with van der Waals surface area (Å²) in [5.74, 6) is 0.262. The summed E-state index contributed by atoms with van der Waals surface area (Å²) in [5.41, 5.74) is 1.74. The number of rotatable bonds is 11. The summed E-state index contributed by atoms with van der Waals surface area (Å²) in [7, 11) is 0. The van der Waals surface area contributed by atoms with E-state index in [0.29, 0.717) is 35.5 Å². The highest BCUT2D eigenvalue weighted by molar-refractivity contribution is 7.99. The highest BCUT2D eigenvalue weighted by atomic mass is 35.5. The number of fused-ring (bicyclic) bond motifs is 1. The van der Waals surface area contributed by atoms with Crippen LogP contribution >= 0.6 is 34.7 Å². The first kappa shape index (κ1) is 25.0. The molecule has 32 heavy (non-hydrogen) atoms. The number of nitrogens with zero attached hydrogens (tertiary/aromatic N) is 2. The van der Waals surface area contributed by atoms with Gasteiger partial charge in [0.05, 0.1) is 16.8 Å². The van der Waals surface area contributed by atoms with Crippen LogP contribution in [0.15, 0.2) is 11.4 Å². The molecule has 2 aromatic heterocycles. The van der Waals surface area contributed by atoms with Crippen LogP contribution in [0.1, 0.15) is 70.8 Å². The Balaban J connectivity index is 1.79. The first-order chi connectivity index (χ1) is 15.5. The molecule has 2 aromatic rings. The fraction of sp³-hybridized carbons (Fsp3) is 0.545. The van der Waals surface area contributed by atoms with Crippen molar-refractivity contribution in [3.05, 3.63) is 32.9 Å². The summed E-state index contributed by atoms with van der Waals surface area (Å²) < 4.78 is 5.33. The zero-order chi connectivity index (χ0) is 22.9. The monoisotopic (exact) mass is 496 g/mol. The molecule has 0 fully saturated rings. The zero-order valence-electron chi connectivity index (χ0n) is 18.5. The predicted octanol–water partition coefficient (Wildman–Crippen LogP) is 4.98. The highest BCUT2D eigenvalue weighted by Gasteiger charge is 2.27. The normalized spacial score (nSPS) is 13.0. The number of thiophene rings is 1. The van der Waals surface area contributed by atoms with Crippen LogP contribution in [0.4, 0.5) is 5.00 Å². The fourth-order valence-corrected chi connectivity index (χ4v) is 5.57. The highest BCUT2D eigenvalue weighted by Crippen LogP contribution is 2.38. The molecule has 0 saturated heterocycles. The molecule has 7 nitrogen and oxygen atoms in total. The van der Waals surface area contributed by atoms with Crippen LogP contribution in [0.2, 0.25) is 5.02 Å². The largest absolute Gasteiger partial charge is 0.382 e. The van der Waals surface area contributed by atoms with Gasteiger partial charge in [-0.25, -0.2) is 9.97 Å². The molecule has 0 spiro atoms. The number of ether oxygens (including phenoxy) is 1. The lowest BCUT2D eigenvalue weighted by molar-refractivity contribution is 0.0944. The van der Waals surface area contributed by atoms with E-state index in [9.17, 15) is 9.59 Å². The fourth-order valence-electron chi connectivity index (χ4n) is 3.44. The predicted molar refractivity (Wildman–Crippen MR) is 130 cm³/mol. The molecular formula is C22H29ClN4O3S2. The molecular weight excluding hydrogens is 468 g/mol. The van der Waals surface area contributed by atoms with Gasteiger partial charge < -0.3 is 15.4 Å². The molecule has 2 heterocycles. The van der Waals surface area contributed by atoms with Crippen molar-refractivity contribution in [3.63, 3.8) is 0 Å². The minimum atomic E-state index is -0.431. The molecule has 3 rings (SSSR count). The Labute approximate surface area is 202 Å². The van der Waals surface area contributed by atoms with E-state index in [4.69, 9.17) is 16.3 Å². The second-order valence-electron chi connectivity index (χ2n) is 7.37. The van der Waals surface area contributed by atoms with Crippen molar-refractivity contribution in [2.24, 2.45) is 0 Å². The SMILES string of the molecule is CCCSc1ncc(Cl)c(C(=O)Nc2sc3c(c2C(=O)NCCCOCC)CCCC3)n1. The van der Waals surface area contributed by atoms with E-state index in [1.54, 1.807) is 0 Å². The van der Waals surface area contributed by atoms with Crippen LogP contribution in [0, 0.1) is 0 Å². The average molecular weight is 497 g/mol. The van der Waals surface area contributed by atoms with Gasteiger partial charge in [0.15, 0.2) is 10.9 Å². The Kier molecular flexibility index (Phi) is 9.77. The van der Waals surface area contributed by atoms with E-state index in [0.717, 1.165) is 49.8 Å². The first-order valence-electron chi connectivity index (χ1n) is 11.0. The number of halogens is 1. The van der Waals surface area contributed by atoms with E-state index in [2.05, 4.69) is 27.5 Å². The maximum absolute atomic E-state index is 13.0. The number of carbonyl (C=O) groups excluding carboxylic acids is 2. The van der Waals surface area contributed by atoms with Gasteiger partial charge in [-0.1, -0.05) is 30.3 Å². The van der Waals surface area contributed by atoms with Crippen LogP contribution in [0.5, 0.6) is 0 Å². The summed E-state index contributed by atoms with van der Waals surface area (Å²) in [6.07, 6.45) is 7.06. The van der Waals surface area contributed by atoms with Crippen LogP contribution in [-0.2, 0) is 17.6 Å². The van der Waals surface area contributed by atoms with Gasteiger partial charge in [-0.3, -0.25) is 9.59 Å². The number of hydrogen-bond acceptors (Lipinski definition) is 7. The number of nitrogens with one attached hydrogen (secondary N) is 2. The van der Waals surface area contributed by atoms with Crippen molar-refractivity contribution in [3.8, 4) is 0 Å². The number of anilines is 1. The number of aryl methyl sites for hydroxylation is 1. The Hall–Kier alpha value is -1.68. The van der Waals surface area contributed by atoms with Gasteiger partial charge in [-0.05, 0) is 51.0 Å². The summed E-state index contributed by atoms with van der Waals surface area (Å²) in [6.45, 7) is 5.80. The van der Waals surface area contributed by atoms with E-state index < -0.39 is 5.91 Å². The van der Waals surface area contributed by atoms with Crippen molar-refractivity contribution in [1.82, 2.24) is 15.3 Å². The number of thioether (sulfide) groups is 1. The Morgan fingerprint density at radius 2 is 2.06 bits per heavy atom. The lowest BCUT2D eigenvalue weighted by Gasteiger charge is -2.13. The third-order valence-corrected chi connectivity index (χ3v) is 7.50. The van der Waals surface area contributed by atoms with Crippen LogP contribution in [-0.4, -0.2) is 47.3 Å². The molecule has 174 valence electrons. The van der Waals surface area contributed by atoms with Gasteiger partial charge in [0, 0.05) is 30.4 Å². The Morgan fingerprint density at radius 1 is 1.25 bits per heavy atom. The molecule has 2 N–H and O–H groups in total. The topological polar surface area (TPSA) is 93.2 Å². The molecule has 0 atom stereocenters. The van der Waals surface area contributed by atoms with E-state index in [1.807, 2.05) is 6.92 Å². The zero-order valence-corrected chi connectivity index (χ0v) is 20.9. The van der Waals surface area contributed by atoms with Crippen molar-refractivity contribution >= 4 is 51.5 Å². The van der Waals surface area contributed by atoms with Gasteiger partial charge in [-0.15, -0.1) is 11.3 Å². The number of amides is 2. The van der Waals surface area contributed by atoms with Gasteiger partial charge in [0.2, 0.25) is 0 Å². The molecule has 0 saturated carbocycles. The first-order valence-corrected chi connectivity index (χ1v) is 13.2.